The van der Waals surface area contributed by atoms with Gasteiger partial charge in [-0.3, -0.25) is 4.79 Å². The van der Waals surface area contributed by atoms with Crippen LogP contribution in [0.1, 0.15) is 47.0 Å². The Morgan fingerprint density at radius 2 is 2.00 bits per heavy atom. The summed E-state index contributed by atoms with van der Waals surface area (Å²) in [7, 11) is 0. The van der Waals surface area contributed by atoms with Crippen LogP contribution in [0.2, 0.25) is 0 Å². The first kappa shape index (κ1) is 13.9. The van der Waals surface area contributed by atoms with Gasteiger partial charge in [-0.2, -0.15) is 0 Å². The first-order chi connectivity index (χ1) is 8.47. The Bertz CT molecular complexity index is 302. The van der Waals surface area contributed by atoms with Crippen molar-refractivity contribution in [2.24, 2.45) is 17.3 Å². The molecule has 1 saturated carbocycles. The van der Waals surface area contributed by atoms with E-state index in [1.165, 1.54) is 12.8 Å². The van der Waals surface area contributed by atoms with Gasteiger partial charge < -0.3 is 10.2 Å². The number of nitrogens with zero attached hydrogens (tertiary/aromatic N) is 1. The molecule has 0 bridgehead atoms. The Kier molecular flexibility index (Phi) is 4.00. The minimum absolute atomic E-state index is 0.141. The topological polar surface area (TPSA) is 32.3 Å². The number of carbonyl (C=O) groups excluding carboxylic acids is 1. The van der Waals surface area contributed by atoms with Crippen LogP contribution in [0.15, 0.2) is 0 Å². The van der Waals surface area contributed by atoms with E-state index in [1.807, 2.05) is 0 Å². The average Bonchev–Trinajstić information content (AvgIpc) is 3.01. The van der Waals surface area contributed by atoms with Crippen molar-refractivity contribution in [1.82, 2.24) is 10.2 Å². The Balaban J connectivity index is 2.15. The lowest BCUT2D eigenvalue weighted by Gasteiger charge is -2.37. The van der Waals surface area contributed by atoms with E-state index in [4.69, 9.17) is 0 Å². The maximum atomic E-state index is 13.0. The van der Waals surface area contributed by atoms with Gasteiger partial charge in [0.1, 0.15) is 0 Å². The fraction of sp³-hybridized carbons (Fsp3) is 0.933. The van der Waals surface area contributed by atoms with Crippen molar-refractivity contribution in [1.29, 1.82) is 0 Å². The quantitative estimate of drug-likeness (QED) is 0.814. The Morgan fingerprint density at radius 3 is 2.39 bits per heavy atom. The van der Waals surface area contributed by atoms with Gasteiger partial charge in [-0.1, -0.05) is 27.7 Å². The van der Waals surface area contributed by atoms with Crippen molar-refractivity contribution in [3.05, 3.63) is 0 Å². The molecule has 2 aliphatic rings. The molecule has 0 aromatic carbocycles. The minimum atomic E-state index is -0.141. The van der Waals surface area contributed by atoms with Crippen LogP contribution in [-0.4, -0.2) is 36.5 Å². The summed E-state index contributed by atoms with van der Waals surface area (Å²) in [5.41, 5.74) is -0.141. The van der Waals surface area contributed by atoms with Gasteiger partial charge in [0.15, 0.2) is 0 Å². The van der Waals surface area contributed by atoms with Gasteiger partial charge in [0.05, 0.1) is 5.41 Å². The predicted molar refractivity (Wildman–Crippen MR) is 74.3 cm³/mol. The fourth-order valence-corrected chi connectivity index (χ4v) is 3.10. The molecule has 1 aliphatic heterocycles. The molecule has 1 heterocycles. The van der Waals surface area contributed by atoms with Crippen LogP contribution in [-0.2, 0) is 4.79 Å². The molecule has 0 aromatic rings. The van der Waals surface area contributed by atoms with Gasteiger partial charge >= 0.3 is 0 Å². The highest BCUT2D eigenvalue weighted by molar-refractivity contribution is 5.84. The minimum Gasteiger partial charge on any atom is -0.339 e. The molecule has 1 N–H and O–H groups in total. The summed E-state index contributed by atoms with van der Waals surface area (Å²) >= 11 is 0. The maximum Gasteiger partial charge on any atom is 0.230 e. The van der Waals surface area contributed by atoms with Crippen molar-refractivity contribution >= 4 is 5.91 Å². The number of hydrogen-bond donors (Lipinski definition) is 1. The van der Waals surface area contributed by atoms with Gasteiger partial charge in [-0.25, -0.2) is 0 Å². The van der Waals surface area contributed by atoms with Gasteiger partial charge in [0, 0.05) is 19.1 Å². The average molecular weight is 252 g/mol. The first-order valence-corrected chi connectivity index (χ1v) is 7.49. The third-order valence-corrected chi connectivity index (χ3v) is 4.53. The normalized spacial score (nSPS) is 28.1. The predicted octanol–water partition coefficient (Wildman–Crippen LogP) is 2.27. The van der Waals surface area contributed by atoms with E-state index in [1.54, 1.807) is 0 Å². The molecule has 2 fully saturated rings. The zero-order valence-corrected chi connectivity index (χ0v) is 12.3. The number of rotatable bonds is 5. The molecule has 3 heteroatoms. The lowest BCUT2D eigenvalue weighted by Crippen LogP contribution is -2.50. The zero-order valence-electron chi connectivity index (χ0n) is 12.3. The van der Waals surface area contributed by atoms with Gasteiger partial charge in [0.25, 0.3) is 0 Å². The SMILES string of the molecule is CC(C)CN(C(=O)C1(C(C)C)CCNC1)C1CC1. The molecular weight excluding hydrogens is 224 g/mol. The summed E-state index contributed by atoms with van der Waals surface area (Å²) in [4.78, 5) is 15.2. The lowest BCUT2D eigenvalue weighted by atomic mass is 9.75. The molecule has 18 heavy (non-hydrogen) atoms. The molecule has 0 aromatic heterocycles. The highest BCUT2D eigenvalue weighted by atomic mass is 16.2. The Hall–Kier alpha value is -0.570. The summed E-state index contributed by atoms with van der Waals surface area (Å²) in [6.45, 7) is 11.6. The zero-order chi connectivity index (χ0) is 13.3. The van der Waals surface area contributed by atoms with E-state index < -0.39 is 0 Å². The summed E-state index contributed by atoms with van der Waals surface area (Å²) in [6, 6.07) is 0.538. The monoisotopic (exact) mass is 252 g/mol. The van der Waals surface area contributed by atoms with Crippen LogP contribution in [0.4, 0.5) is 0 Å². The van der Waals surface area contributed by atoms with Crippen LogP contribution < -0.4 is 5.32 Å². The molecule has 1 atom stereocenters. The van der Waals surface area contributed by atoms with E-state index in [2.05, 4.69) is 37.9 Å². The van der Waals surface area contributed by atoms with E-state index in [-0.39, 0.29) is 5.41 Å². The van der Waals surface area contributed by atoms with Gasteiger partial charge in [-0.05, 0) is 37.6 Å². The highest BCUT2D eigenvalue weighted by Crippen LogP contribution is 2.39. The van der Waals surface area contributed by atoms with E-state index in [0.29, 0.717) is 23.8 Å². The largest absolute Gasteiger partial charge is 0.339 e. The lowest BCUT2D eigenvalue weighted by molar-refractivity contribution is -0.145. The van der Waals surface area contributed by atoms with Crippen molar-refractivity contribution in [3.63, 3.8) is 0 Å². The van der Waals surface area contributed by atoms with Gasteiger partial charge in [0.2, 0.25) is 5.91 Å². The molecule has 1 aliphatic carbocycles. The van der Waals surface area contributed by atoms with Crippen LogP contribution in [0.25, 0.3) is 0 Å². The van der Waals surface area contributed by atoms with E-state index >= 15 is 0 Å². The molecule has 1 unspecified atom stereocenters. The van der Waals surface area contributed by atoms with Crippen molar-refractivity contribution in [3.8, 4) is 0 Å². The molecular formula is C15H28N2O. The molecule has 3 nitrogen and oxygen atoms in total. The summed E-state index contributed by atoms with van der Waals surface area (Å²) in [6.07, 6.45) is 3.42. The van der Waals surface area contributed by atoms with E-state index in [0.717, 1.165) is 26.1 Å². The third-order valence-electron chi connectivity index (χ3n) is 4.53. The molecule has 104 valence electrons. The Labute approximate surface area is 111 Å². The number of carbonyl (C=O) groups is 1. The number of nitrogens with one attached hydrogen (secondary N) is 1. The van der Waals surface area contributed by atoms with Gasteiger partial charge in [-0.15, -0.1) is 0 Å². The highest BCUT2D eigenvalue weighted by Gasteiger charge is 2.48. The smallest absolute Gasteiger partial charge is 0.230 e. The van der Waals surface area contributed by atoms with Crippen molar-refractivity contribution in [2.75, 3.05) is 19.6 Å². The third kappa shape index (κ3) is 2.56. The molecule has 0 radical (unpaired) electrons. The molecule has 1 saturated heterocycles. The molecule has 2 rings (SSSR count). The second kappa shape index (κ2) is 5.20. The second-order valence-corrected chi connectivity index (χ2v) is 6.82. The molecule has 0 spiro atoms. The van der Waals surface area contributed by atoms with Crippen LogP contribution >= 0.6 is 0 Å². The van der Waals surface area contributed by atoms with Crippen molar-refractivity contribution in [2.45, 2.75) is 53.0 Å². The van der Waals surface area contributed by atoms with E-state index in [9.17, 15) is 4.79 Å². The number of amides is 1. The summed E-state index contributed by atoms with van der Waals surface area (Å²) < 4.78 is 0. The Morgan fingerprint density at radius 1 is 1.33 bits per heavy atom. The van der Waals surface area contributed by atoms with Crippen LogP contribution in [0, 0.1) is 17.3 Å². The standard InChI is InChI=1S/C15H28N2O/c1-11(2)9-17(13-5-6-13)14(18)15(12(3)4)7-8-16-10-15/h11-13,16H,5-10H2,1-4H3. The van der Waals surface area contributed by atoms with Crippen LogP contribution in [0.5, 0.6) is 0 Å². The summed E-state index contributed by atoms with van der Waals surface area (Å²) in [5, 5.41) is 3.40. The molecule has 1 amide bonds. The maximum absolute atomic E-state index is 13.0. The fourth-order valence-electron chi connectivity index (χ4n) is 3.10. The first-order valence-electron chi connectivity index (χ1n) is 7.49. The van der Waals surface area contributed by atoms with Crippen molar-refractivity contribution < 1.29 is 4.79 Å². The van der Waals surface area contributed by atoms with Crippen LogP contribution in [0.3, 0.4) is 0 Å². The summed E-state index contributed by atoms with van der Waals surface area (Å²) in [5.74, 6) is 1.40. The number of hydrogen-bond acceptors (Lipinski definition) is 2. The second-order valence-electron chi connectivity index (χ2n) is 6.82.